The molecule has 1 fully saturated rings. The molecule has 0 bridgehead atoms. The van der Waals surface area contributed by atoms with Crippen molar-refractivity contribution in [3.05, 3.63) is 59.7 Å². The third kappa shape index (κ3) is 21.6. The number of primary amides is 3. The molecule has 1 aliphatic heterocycles. The summed E-state index contributed by atoms with van der Waals surface area (Å²) in [7, 11) is 3.63. The molecular weight excluding hydrogens is 1000 g/mol. The highest BCUT2D eigenvalue weighted by Crippen LogP contribution is 2.25. The Hall–Kier alpha value is -7.09. The number of phenolic OH excluding ortho intramolecular Hbond substituents is 1. The number of carbonyl (C=O) groups excluding carboxylic acids is 11. The van der Waals surface area contributed by atoms with E-state index in [1.54, 1.807) is 64.1 Å². The Morgan fingerprint density at radius 3 is 1.99 bits per heavy atom. The van der Waals surface area contributed by atoms with Crippen molar-refractivity contribution in [3.63, 3.8) is 0 Å². The van der Waals surface area contributed by atoms with Gasteiger partial charge in [0.15, 0.2) is 0 Å². The number of hydrogen-bond donors (Lipinski definition) is 11. The van der Waals surface area contributed by atoms with Crippen LogP contribution in [0.15, 0.2) is 48.5 Å². The number of ether oxygens (including phenoxy) is 1. The van der Waals surface area contributed by atoms with E-state index in [-0.39, 0.29) is 49.0 Å². The highest BCUT2D eigenvalue weighted by atomic mass is 33.1. The van der Waals surface area contributed by atoms with E-state index in [9.17, 15) is 57.8 Å². The third-order valence-electron chi connectivity index (χ3n) is 11.5. The first-order chi connectivity index (χ1) is 35.0. The lowest BCUT2D eigenvalue weighted by Crippen LogP contribution is -2.61. The molecule has 406 valence electrons. The maximum absolute atomic E-state index is 14.9. The summed E-state index contributed by atoms with van der Waals surface area (Å²) in [5.74, 6) is -9.78. The predicted octanol–water partition coefficient (Wildman–Crippen LogP) is -1.50. The van der Waals surface area contributed by atoms with Crippen molar-refractivity contribution in [2.45, 2.75) is 115 Å². The van der Waals surface area contributed by atoms with Crippen LogP contribution in [0.1, 0.15) is 77.3 Å². The van der Waals surface area contributed by atoms with Gasteiger partial charge in [0.25, 0.3) is 0 Å². The molecule has 0 radical (unpaired) electrons. The van der Waals surface area contributed by atoms with Crippen molar-refractivity contribution in [2.75, 3.05) is 31.7 Å². The average Bonchev–Trinajstić information content (AvgIpc) is 3.34. The average molecular weight is 1070 g/mol. The smallest absolute Gasteiger partial charge is 0.246 e. The normalized spacial score (nSPS) is 20.2. The van der Waals surface area contributed by atoms with E-state index < -0.39 is 139 Å². The Labute approximate surface area is 437 Å². The van der Waals surface area contributed by atoms with Crippen LogP contribution in [-0.4, -0.2) is 143 Å². The monoisotopic (exact) mass is 1070 g/mol. The summed E-state index contributed by atoms with van der Waals surface area (Å²) < 4.78 is 5.27. The molecule has 0 unspecified atom stereocenters. The molecular formula is C48H69N11O13S2. The number of amides is 11. The number of aromatic hydroxyl groups is 1. The Kier molecular flexibility index (Phi) is 25.5. The van der Waals surface area contributed by atoms with E-state index in [1.807, 2.05) is 0 Å². The van der Waals surface area contributed by atoms with Crippen LogP contribution in [0.3, 0.4) is 0 Å². The molecule has 1 aliphatic rings. The van der Waals surface area contributed by atoms with E-state index in [0.717, 1.165) is 26.5 Å². The van der Waals surface area contributed by atoms with Crippen molar-refractivity contribution in [1.82, 2.24) is 42.1 Å². The molecule has 11 amide bonds. The molecule has 0 aromatic heterocycles. The van der Waals surface area contributed by atoms with Gasteiger partial charge in [-0.25, -0.2) is 0 Å². The SMILES string of the molecule is CC[C@H](C)[C@@H]1NC(=O)[C@H](Cc2ccc(O)cc2)NC(=O)CCSSC[C@@H](C(=O)N(CC(=O)N[C@@H](CC(C)C)C(=O)NCC(N)=O)Cc2ccc(OC)cc2)NC(=O)[C@H](CC(N)=O)NC(=O)[C@H](CCC(N)=O)NC1=O. The quantitative estimate of drug-likeness (QED) is 0.0634. The summed E-state index contributed by atoms with van der Waals surface area (Å²) in [6.07, 6.45) is -1.39. The molecule has 0 spiro atoms. The Bertz CT molecular complexity index is 2310. The Morgan fingerprint density at radius 1 is 0.770 bits per heavy atom. The van der Waals surface area contributed by atoms with Gasteiger partial charge in [0.1, 0.15) is 47.8 Å². The minimum Gasteiger partial charge on any atom is -0.508 e. The number of nitrogens with zero attached hydrogens (tertiary/aromatic N) is 1. The number of hydrogen-bond acceptors (Lipinski definition) is 15. The molecule has 3 rings (SSSR count). The molecule has 7 atom stereocenters. The Morgan fingerprint density at radius 2 is 1.39 bits per heavy atom. The highest BCUT2D eigenvalue weighted by Gasteiger charge is 2.36. The summed E-state index contributed by atoms with van der Waals surface area (Å²) in [6.45, 7) is 5.62. The van der Waals surface area contributed by atoms with Gasteiger partial charge >= 0.3 is 0 Å². The molecule has 24 nitrogen and oxygen atoms in total. The van der Waals surface area contributed by atoms with Crippen LogP contribution in [-0.2, 0) is 65.7 Å². The van der Waals surface area contributed by atoms with Crippen LogP contribution in [0.4, 0.5) is 0 Å². The molecule has 74 heavy (non-hydrogen) atoms. The van der Waals surface area contributed by atoms with Gasteiger partial charge in [0, 0.05) is 37.3 Å². The summed E-state index contributed by atoms with van der Waals surface area (Å²) in [5, 5.41) is 27.8. The number of benzene rings is 2. The molecule has 1 saturated heterocycles. The van der Waals surface area contributed by atoms with Crippen LogP contribution in [0.5, 0.6) is 11.5 Å². The van der Waals surface area contributed by atoms with Crippen molar-refractivity contribution < 1.29 is 62.6 Å². The Balaban J connectivity index is 2.12. The lowest BCUT2D eigenvalue weighted by Gasteiger charge is -2.30. The van der Waals surface area contributed by atoms with Crippen LogP contribution in [0.25, 0.3) is 0 Å². The van der Waals surface area contributed by atoms with Gasteiger partial charge in [-0.15, -0.1) is 0 Å². The number of carbonyl (C=O) groups is 11. The van der Waals surface area contributed by atoms with E-state index in [0.29, 0.717) is 23.3 Å². The van der Waals surface area contributed by atoms with Gasteiger partial charge in [-0.2, -0.15) is 0 Å². The van der Waals surface area contributed by atoms with E-state index in [2.05, 4.69) is 37.2 Å². The van der Waals surface area contributed by atoms with E-state index in [4.69, 9.17) is 21.9 Å². The van der Waals surface area contributed by atoms with Gasteiger partial charge in [-0.3, -0.25) is 52.7 Å². The van der Waals surface area contributed by atoms with Gasteiger partial charge in [0.2, 0.25) is 65.0 Å². The maximum Gasteiger partial charge on any atom is 0.246 e. The molecule has 14 N–H and O–H groups in total. The van der Waals surface area contributed by atoms with Crippen molar-refractivity contribution >= 4 is 86.6 Å². The van der Waals surface area contributed by atoms with Gasteiger partial charge in [-0.05, 0) is 60.1 Å². The lowest BCUT2D eigenvalue weighted by atomic mass is 9.96. The van der Waals surface area contributed by atoms with E-state index >= 15 is 0 Å². The van der Waals surface area contributed by atoms with Gasteiger partial charge in [-0.1, -0.05) is 80.0 Å². The summed E-state index contributed by atoms with van der Waals surface area (Å²) in [5.41, 5.74) is 17.3. The lowest BCUT2D eigenvalue weighted by molar-refractivity contribution is -0.141. The topological polar surface area (TPSA) is 383 Å². The van der Waals surface area contributed by atoms with Gasteiger partial charge < -0.3 is 69.2 Å². The number of methoxy groups -OCH3 is 1. The predicted molar refractivity (Wildman–Crippen MR) is 275 cm³/mol. The molecule has 2 aromatic carbocycles. The van der Waals surface area contributed by atoms with Crippen molar-refractivity contribution in [2.24, 2.45) is 29.0 Å². The third-order valence-corrected chi connectivity index (χ3v) is 13.9. The van der Waals surface area contributed by atoms with Gasteiger partial charge in [0.05, 0.1) is 26.6 Å². The first-order valence-electron chi connectivity index (χ1n) is 23.9. The molecule has 1 heterocycles. The second kappa shape index (κ2) is 30.8. The minimum atomic E-state index is -1.78. The number of nitrogens with one attached hydrogen (secondary N) is 7. The molecule has 0 aliphatic carbocycles. The van der Waals surface area contributed by atoms with Crippen molar-refractivity contribution in [3.8, 4) is 11.5 Å². The van der Waals surface area contributed by atoms with Crippen LogP contribution in [0, 0.1) is 11.8 Å². The zero-order chi connectivity index (χ0) is 55.1. The first-order valence-corrected chi connectivity index (χ1v) is 26.4. The number of nitrogens with two attached hydrogens (primary N) is 3. The fraction of sp³-hybridized carbons (Fsp3) is 0.521. The molecule has 26 heteroatoms. The highest BCUT2D eigenvalue weighted by molar-refractivity contribution is 8.76. The largest absolute Gasteiger partial charge is 0.508 e. The summed E-state index contributed by atoms with van der Waals surface area (Å²) in [6, 6.07) is 3.82. The molecule has 0 saturated carbocycles. The minimum absolute atomic E-state index is 0.0350. The van der Waals surface area contributed by atoms with Crippen LogP contribution >= 0.6 is 21.6 Å². The summed E-state index contributed by atoms with van der Waals surface area (Å²) >= 11 is 0. The van der Waals surface area contributed by atoms with Crippen LogP contribution < -0.4 is 59.2 Å². The second-order valence-corrected chi connectivity index (χ2v) is 20.7. The fourth-order valence-electron chi connectivity index (χ4n) is 7.35. The zero-order valence-corrected chi connectivity index (χ0v) is 43.7. The summed E-state index contributed by atoms with van der Waals surface area (Å²) in [4.78, 5) is 149. The standard InChI is InChI=1S/C48H69N11O13S2/c1-6-27(4)42-47(70)55-32(15-16-37(49)61)44(67)56-35(21-38(50)62)45(68)57-36(25-74-73-18-17-40(64)53-34(46(69)58-42)20-28-7-11-30(60)12-8-28)48(71)59(23-29-9-13-31(72-5)14-10-29)24-41(65)54-33(19-26(2)3)43(66)52-22-39(51)63/h7-14,26-27,32-36,42,60H,6,15-25H2,1-5H3,(H2,49,61)(H2,50,62)(H2,51,63)(H,52,66)(H,53,64)(H,54,65)(H,55,70)(H,56,67)(H,57,68)(H,58,69)/t27-,32-,33-,34-,35-,36-,42-/m0/s1. The van der Waals surface area contributed by atoms with Crippen molar-refractivity contribution in [1.29, 1.82) is 0 Å². The van der Waals surface area contributed by atoms with Crippen LogP contribution in [0.2, 0.25) is 0 Å². The molecule has 2 aromatic rings. The second-order valence-electron chi connectivity index (χ2n) is 18.1. The zero-order valence-electron chi connectivity index (χ0n) is 42.1. The number of phenols is 1. The maximum atomic E-state index is 14.9. The first kappa shape index (κ1) is 61.2. The number of rotatable bonds is 21. The fourth-order valence-corrected chi connectivity index (χ4v) is 9.50. The van der Waals surface area contributed by atoms with E-state index in [1.165, 1.54) is 19.2 Å².